The Morgan fingerprint density at radius 3 is 2.88 bits per heavy atom. The molecule has 0 bridgehead atoms. The van der Waals surface area contributed by atoms with Gasteiger partial charge in [-0.3, -0.25) is 10.1 Å². The van der Waals surface area contributed by atoms with Crippen molar-refractivity contribution in [2.75, 3.05) is 18.1 Å². The predicted molar refractivity (Wildman–Crippen MR) is 92.6 cm³/mol. The quantitative estimate of drug-likeness (QED) is 0.619. The molecule has 0 saturated heterocycles. The average Bonchev–Trinajstić information content (AvgIpc) is 2.59. The van der Waals surface area contributed by atoms with Crippen LogP contribution in [-0.2, 0) is 13.0 Å². The maximum absolute atomic E-state index is 10.9. The molecular formula is C18H21N3O3. The molecule has 0 spiro atoms. The van der Waals surface area contributed by atoms with Gasteiger partial charge in [-0.1, -0.05) is 13.0 Å². The Morgan fingerprint density at radius 2 is 2.17 bits per heavy atom. The van der Waals surface area contributed by atoms with Crippen LogP contribution in [0.3, 0.4) is 0 Å². The highest BCUT2D eigenvalue weighted by molar-refractivity contribution is 5.51. The number of nitro groups is 1. The first-order chi connectivity index (χ1) is 11.6. The summed E-state index contributed by atoms with van der Waals surface area (Å²) in [5, 5.41) is 10.9. The van der Waals surface area contributed by atoms with E-state index in [1.165, 1.54) is 17.3 Å². The summed E-state index contributed by atoms with van der Waals surface area (Å²) in [6.07, 6.45) is 3.26. The molecule has 0 amide bonds. The van der Waals surface area contributed by atoms with Crippen molar-refractivity contribution in [3.05, 3.63) is 57.3 Å². The van der Waals surface area contributed by atoms with Gasteiger partial charge in [-0.15, -0.1) is 0 Å². The van der Waals surface area contributed by atoms with E-state index in [2.05, 4.69) is 28.9 Å². The first-order valence-corrected chi connectivity index (χ1v) is 8.19. The van der Waals surface area contributed by atoms with Crippen LogP contribution in [0, 0.1) is 17.0 Å². The molecule has 0 atom stereocenters. The van der Waals surface area contributed by atoms with Gasteiger partial charge in [0.25, 0.3) is 5.69 Å². The van der Waals surface area contributed by atoms with E-state index in [0.717, 1.165) is 44.1 Å². The van der Waals surface area contributed by atoms with Crippen LogP contribution in [-0.4, -0.2) is 23.1 Å². The van der Waals surface area contributed by atoms with Crippen LogP contribution in [0.1, 0.15) is 30.0 Å². The van der Waals surface area contributed by atoms with Crippen molar-refractivity contribution < 1.29 is 9.66 Å². The van der Waals surface area contributed by atoms with Gasteiger partial charge in [0.2, 0.25) is 0 Å². The number of rotatable bonds is 5. The number of hydrogen-bond donors (Lipinski definition) is 0. The summed E-state index contributed by atoms with van der Waals surface area (Å²) in [5.74, 6) is 1.71. The van der Waals surface area contributed by atoms with Gasteiger partial charge in [-0.2, -0.15) is 0 Å². The highest BCUT2D eigenvalue weighted by Crippen LogP contribution is 2.28. The van der Waals surface area contributed by atoms with E-state index in [0.29, 0.717) is 5.56 Å². The minimum absolute atomic E-state index is 0.0638. The molecule has 0 N–H and O–H groups in total. The molecule has 0 unspecified atom stereocenters. The van der Waals surface area contributed by atoms with Crippen LogP contribution in [0.2, 0.25) is 0 Å². The topological polar surface area (TPSA) is 68.5 Å². The summed E-state index contributed by atoms with van der Waals surface area (Å²) in [5.41, 5.74) is 3.26. The van der Waals surface area contributed by atoms with Crippen LogP contribution >= 0.6 is 0 Å². The van der Waals surface area contributed by atoms with Crippen molar-refractivity contribution in [2.24, 2.45) is 0 Å². The number of anilines is 1. The summed E-state index contributed by atoms with van der Waals surface area (Å²) in [6.45, 7) is 6.17. The normalized spacial score (nSPS) is 13.5. The first-order valence-electron chi connectivity index (χ1n) is 8.19. The molecule has 0 aliphatic carbocycles. The number of hydrogen-bond acceptors (Lipinski definition) is 5. The van der Waals surface area contributed by atoms with Crippen LogP contribution < -0.4 is 9.64 Å². The lowest BCUT2D eigenvalue weighted by atomic mass is 9.99. The SMILES string of the molecule is CCCOc1ccc2c(c1)CCN(c1cc(C)c([N+](=O)[O-])cn1)C2. The van der Waals surface area contributed by atoms with Gasteiger partial charge in [0.05, 0.1) is 11.5 Å². The van der Waals surface area contributed by atoms with Crippen molar-refractivity contribution in [2.45, 2.75) is 33.2 Å². The number of aromatic nitrogens is 1. The Balaban J connectivity index is 1.77. The Hall–Kier alpha value is -2.63. The van der Waals surface area contributed by atoms with Gasteiger partial charge in [0.1, 0.15) is 17.8 Å². The maximum atomic E-state index is 10.9. The minimum Gasteiger partial charge on any atom is -0.494 e. The molecule has 6 heteroatoms. The fraction of sp³-hybridized carbons (Fsp3) is 0.389. The summed E-state index contributed by atoms with van der Waals surface area (Å²) >= 11 is 0. The van der Waals surface area contributed by atoms with Gasteiger partial charge in [0.15, 0.2) is 0 Å². The zero-order valence-electron chi connectivity index (χ0n) is 14.0. The predicted octanol–water partition coefficient (Wildman–Crippen LogP) is 3.65. The van der Waals surface area contributed by atoms with E-state index in [4.69, 9.17) is 4.74 Å². The number of nitrogens with zero attached hydrogens (tertiary/aromatic N) is 3. The largest absolute Gasteiger partial charge is 0.494 e. The molecular weight excluding hydrogens is 306 g/mol. The van der Waals surface area contributed by atoms with Gasteiger partial charge in [-0.25, -0.2) is 4.98 Å². The Morgan fingerprint density at radius 1 is 1.33 bits per heavy atom. The highest BCUT2D eigenvalue weighted by Gasteiger charge is 2.20. The Bertz CT molecular complexity index is 761. The molecule has 0 saturated carbocycles. The third-order valence-corrected chi connectivity index (χ3v) is 4.25. The number of aryl methyl sites for hydroxylation is 1. The maximum Gasteiger partial charge on any atom is 0.290 e. The molecule has 0 fully saturated rings. The second kappa shape index (κ2) is 6.86. The summed E-state index contributed by atoms with van der Waals surface area (Å²) < 4.78 is 5.69. The Kier molecular flexibility index (Phi) is 4.64. The molecule has 1 aliphatic rings. The van der Waals surface area contributed by atoms with Crippen LogP contribution in [0.5, 0.6) is 5.75 Å². The molecule has 1 aromatic heterocycles. The molecule has 0 radical (unpaired) electrons. The van der Waals surface area contributed by atoms with Crippen molar-refractivity contribution >= 4 is 11.5 Å². The van der Waals surface area contributed by atoms with Crippen molar-refractivity contribution in [3.63, 3.8) is 0 Å². The van der Waals surface area contributed by atoms with E-state index in [1.54, 1.807) is 13.0 Å². The molecule has 3 rings (SSSR count). The number of fused-ring (bicyclic) bond motifs is 1. The monoisotopic (exact) mass is 327 g/mol. The fourth-order valence-corrected chi connectivity index (χ4v) is 2.93. The third kappa shape index (κ3) is 3.32. The zero-order chi connectivity index (χ0) is 17.1. The third-order valence-electron chi connectivity index (χ3n) is 4.25. The number of benzene rings is 1. The molecule has 1 aromatic carbocycles. The lowest BCUT2D eigenvalue weighted by Gasteiger charge is -2.30. The summed E-state index contributed by atoms with van der Waals surface area (Å²) in [7, 11) is 0. The van der Waals surface area contributed by atoms with Crippen molar-refractivity contribution in [1.82, 2.24) is 4.98 Å². The zero-order valence-corrected chi connectivity index (χ0v) is 14.0. The van der Waals surface area contributed by atoms with E-state index < -0.39 is 4.92 Å². The van der Waals surface area contributed by atoms with Gasteiger partial charge < -0.3 is 9.64 Å². The average molecular weight is 327 g/mol. The molecule has 126 valence electrons. The van der Waals surface area contributed by atoms with Crippen LogP contribution in [0.4, 0.5) is 11.5 Å². The van der Waals surface area contributed by atoms with E-state index in [-0.39, 0.29) is 5.69 Å². The van der Waals surface area contributed by atoms with Gasteiger partial charge in [0, 0.05) is 18.7 Å². The van der Waals surface area contributed by atoms with Crippen LogP contribution in [0.25, 0.3) is 0 Å². The van der Waals surface area contributed by atoms with Gasteiger partial charge in [-0.05, 0) is 49.1 Å². The standard InChI is InChI=1S/C18H21N3O3/c1-3-8-24-16-5-4-15-12-20(7-6-14(15)10-16)18-9-13(2)17(11-19-18)21(22)23/h4-5,9-11H,3,6-8,12H2,1-2H3. The fourth-order valence-electron chi connectivity index (χ4n) is 2.93. The lowest BCUT2D eigenvalue weighted by molar-refractivity contribution is -0.385. The minimum atomic E-state index is -0.393. The first kappa shape index (κ1) is 16.2. The van der Waals surface area contributed by atoms with E-state index in [1.807, 2.05) is 6.07 Å². The molecule has 24 heavy (non-hydrogen) atoms. The van der Waals surface area contributed by atoms with E-state index in [9.17, 15) is 10.1 Å². The highest BCUT2D eigenvalue weighted by atomic mass is 16.6. The molecule has 6 nitrogen and oxygen atoms in total. The molecule has 2 aromatic rings. The van der Waals surface area contributed by atoms with Crippen molar-refractivity contribution in [3.8, 4) is 5.75 Å². The second-order valence-electron chi connectivity index (χ2n) is 6.04. The van der Waals surface area contributed by atoms with Crippen molar-refractivity contribution in [1.29, 1.82) is 0 Å². The molecule has 2 heterocycles. The van der Waals surface area contributed by atoms with E-state index >= 15 is 0 Å². The Labute approximate surface area is 141 Å². The second-order valence-corrected chi connectivity index (χ2v) is 6.04. The lowest BCUT2D eigenvalue weighted by Crippen LogP contribution is -2.31. The molecule has 1 aliphatic heterocycles. The smallest absolute Gasteiger partial charge is 0.290 e. The van der Waals surface area contributed by atoms with Crippen LogP contribution in [0.15, 0.2) is 30.5 Å². The number of ether oxygens (including phenoxy) is 1. The van der Waals surface area contributed by atoms with Gasteiger partial charge >= 0.3 is 0 Å². The summed E-state index contributed by atoms with van der Waals surface area (Å²) in [4.78, 5) is 17.0. The summed E-state index contributed by atoms with van der Waals surface area (Å²) in [6, 6.07) is 8.02. The number of pyridine rings is 1.